The molecule has 2 aliphatic heterocycles. The standard InChI is InChI=1S/C22H25N3O3/c1-28-20-10-5-4-9-19(20)24-15-13-23(14-16-24)11-6-12-25-21(26)17-7-2-3-8-18(17)22(25)27/h2-5,7-10H,6,11-16H2,1H3. The van der Waals surface area contributed by atoms with E-state index in [0.717, 1.165) is 50.6 Å². The predicted octanol–water partition coefficient (Wildman–Crippen LogP) is 2.50. The van der Waals surface area contributed by atoms with Crippen molar-refractivity contribution in [2.45, 2.75) is 6.42 Å². The Hall–Kier alpha value is -2.86. The maximum absolute atomic E-state index is 12.4. The van der Waals surface area contributed by atoms with Crippen molar-refractivity contribution in [2.75, 3.05) is 51.3 Å². The Morgan fingerprint density at radius 3 is 2.07 bits per heavy atom. The summed E-state index contributed by atoms with van der Waals surface area (Å²) in [4.78, 5) is 31.0. The van der Waals surface area contributed by atoms with E-state index in [1.54, 1.807) is 31.4 Å². The summed E-state index contributed by atoms with van der Waals surface area (Å²) >= 11 is 0. The Morgan fingerprint density at radius 2 is 1.43 bits per heavy atom. The van der Waals surface area contributed by atoms with Crippen LogP contribution < -0.4 is 9.64 Å². The van der Waals surface area contributed by atoms with Crippen molar-refractivity contribution in [3.8, 4) is 5.75 Å². The summed E-state index contributed by atoms with van der Waals surface area (Å²) in [5.74, 6) is 0.574. The number of nitrogens with zero attached hydrogens (tertiary/aromatic N) is 3. The highest BCUT2D eigenvalue weighted by Crippen LogP contribution is 2.28. The van der Waals surface area contributed by atoms with Gasteiger partial charge in [0.15, 0.2) is 0 Å². The molecule has 0 saturated carbocycles. The van der Waals surface area contributed by atoms with E-state index in [0.29, 0.717) is 17.7 Å². The van der Waals surface area contributed by atoms with Crippen LogP contribution >= 0.6 is 0 Å². The van der Waals surface area contributed by atoms with Crippen LogP contribution in [0.25, 0.3) is 0 Å². The van der Waals surface area contributed by atoms with Gasteiger partial charge in [0.1, 0.15) is 5.75 Å². The maximum Gasteiger partial charge on any atom is 0.261 e. The first-order valence-corrected chi connectivity index (χ1v) is 9.74. The van der Waals surface area contributed by atoms with E-state index >= 15 is 0 Å². The van der Waals surface area contributed by atoms with Gasteiger partial charge in [0, 0.05) is 32.7 Å². The number of methoxy groups -OCH3 is 1. The molecule has 146 valence electrons. The lowest BCUT2D eigenvalue weighted by Crippen LogP contribution is -2.47. The maximum atomic E-state index is 12.4. The van der Waals surface area contributed by atoms with Crippen molar-refractivity contribution in [2.24, 2.45) is 0 Å². The Morgan fingerprint density at radius 1 is 0.821 bits per heavy atom. The van der Waals surface area contributed by atoms with Crippen molar-refractivity contribution in [1.82, 2.24) is 9.80 Å². The molecule has 0 unspecified atom stereocenters. The molecule has 2 heterocycles. The van der Waals surface area contributed by atoms with Crippen molar-refractivity contribution >= 4 is 17.5 Å². The van der Waals surface area contributed by atoms with Gasteiger partial charge in [-0.25, -0.2) is 0 Å². The van der Waals surface area contributed by atoms with E-state index in [4.69, 9.17) is 4.74 Å². The predicted molar refractivity (Wildman–Crippen MR) is 108 cm³/mol. The number of amides is 2. The summed E-state index contributed by atoms with van der Waals surface area (Å²) in [6, 6.07) is 15.2. The average Bonchev–Trinajstić information content (AvgIpc) is 2.99. The summed E-state index contributed by atoms with van der Waals surface area (Å²) < 4.78 is 5.47. The van der Waals surface area contributed by atoms with Crippen LogP contribution in [0.2, 0.25) is 0 Å². The van der Waals surface area contributed by atoms with E-state index < -0.39 is 0 Å². The number of piperazine rings is 1. The van der Waals surface area contributed by atoms with Gasteiger partial charge in [-0.3, -0.25) is 19.4 Å². The second-order valence-corrected chi connectivity index (χ2v) is 7.16. The van der Waals surface area contributed by atoms with Crippen LogP contribution in [0.5, 0.6) is 5.75 Å². The zero-order valence-corrected chi connectivity index (χ0v) is 16.1. The zero-order valence-electron chi connectivity index (χ0n) is 16.1. The van der Waals surface area contributed by atoms with Crippen LogP contribution in [0, 0.1) is 0 Å². The molecule has 2 aromatic rings. The lowest BCUT2D eigenvalue weighted by Gasteiger charge is -2.36. The zero-order chi connectivity index (χ0) is 19.5. The number of hydrogen-bond acceptors (Lipinski definition) is 5. The quantitative estimate of drug-likeness (QED) is 0.722. The fourth-order valence-corrected chi connectivity index (χ4v) is 4.00. The molecule has 6 heteroatoms. The number of carbonyl (C=O) groups excluding carboxylic acids is 2. The van der Waals surface area contributed by atoms with Crippen LogP contribution in [0.4, 0.5) is 5.69 Å². The SMILES string of the molecule is COc1ccccc1N1CCN(CCCN2C(=O)c3ccccc3C2=O)CC1. The third-order valence-corrected chi connectivity index (χ3v) is 5.53. The Kier molecular flexibility index (Phi) is 5.30. The van der Waals surface area contributed by atoms with Crippen molar-refractivity contribution in [1.29, 1.82) is 0 Å². The van der Waals surface area contributed by atoms with Crippen LogP contribution in [-0.2, 0) is 0 Å². The number of para-hydroxylation sites is 2. The van der Waals surface area contributed by atoms with Crippen LogP contribution in [0.15, 0.2) is 48.5 Å². The van der Waals surface area contributed by atoms with E-state index in [1.807, 2.05) is 18.2 Å². The molecule has 2 aromatic carbocycles. The van der Waals surface area contributed by atoms with E-state index in [9.17, 15) is 9.59 Å². The number of imide groups is 1. The topological polar surface area (TPSA) is 53.1 Å². The Bertz CT molecular complexity index is 840. The number of fused-ring (bicyclic) bond motifs is 1. The number of benzene rings is 2. The number of hydrogen-bond donors (Lipinski definition) is 0. The second kappa shape index (κ2) is 8.02. The molecule has 1 saturated heterocycles. The summed E-state index contributed by atoms with van der Waals surface area (Å²) in [6.45, 7) is 5.15. The second-order valence-electron chi connectivity index (χ2n) is 7.16. The van der Waals surface area contributed by atoms with E-state index in [1.165, 1.54) is 4.90 Å². The van der Waals surface area contributed by atoms with Crippen LogP contribution in [-0.4, -0.2) is 68.0 Å². The van der Waals surface area contributed by atoms with Crippen molar-refractivity contribution < 1.29 is 14.3 Å². The fraction of sp³-hybridized carbons (Fsp3) is 0.364. The molecule has 28 heavy (non-hydrogen) atoms. The molecule has 1 fully saturated rings. The molecule has 4 rings (SSSR count). The molecule has 0 spiro atoms. The van der Waals surface area contributed by atoms with Crippen molar-refractivity contribution in [3.63, 3.8) is 0 Å². The molecule has 2 amide bonds. The largest absolute Gasteiger partial charge is 0.495 e. The van der Waals surface area contributed by atoms with Gasteiger partial charge >= 0.3 is 0 Å². The highest BCUT2D eigenvalue weighted by Gasteiger charge is 2.34. The van der Waals surface area contributed by atoms with Gasteiger partial charge in [-0.15, -0.1) is 0 Å². The summed E-state index contributed by atoms with van der Waals surface area (Å²) in [7, 11) is 1.70. The molecule has 2 aliphatic rings. The molecule has 0 bridgehead atoms. The minimum Gasteiger partial charge on any atom is -0.495 e. The Balaban J connectivity index is 1.27. The molecule has 0 aliphatic carbocycles. The number of anilines is 1. The van der Waals surface area contributed by atoms with Crippen molar-refractivity contribution in [3.05, 3.63) is 59.7 Å². The highest BCUT2D eigenvalue weighted by molar-refractivity contribution is 6.21. The lowest BCUT2D eigenvalue weighted by molar-refractivity contribution is 0.0647. The number of carbonyl (C=O) groups is 2. The fourth-order valence-electron chi connectivity index (χ4n) is 4.00. The first-order valence-electron chi connectivity index (χ1n) is 9.74. The smallest absolute Gasteiger partial charge is 0.261 e. The molecule has 0 atom stereocenters. The van der Waals surface area contributed by atoms with Gasteiger partial charge in [-0.2, -0.15) is 0 Å². The first-order chi connectivity index (χ1) is 13.7. The summed E-state index contributed by atoms with van der Waals surface area (Å²) in [5, 5.41) is 0. The average molecular weight is 379 g/mol. The normalized spacial score (nSPS) is 17.2. The van der Waals surface area contributed by atoms with Gasteiger partial charge in [-0.05, 0) is 37.2 Å². The molecule has 6 nitrogen and oxygen atoms in total. The van der Waals surface area contributed by atoms with Crippen LogP contribution in [0.1, 0.15) is 27.1 Å². The number of ether oxygens (including phenoxy) is 1. The third kappa shape index (κ3) is 3.47. The van der Waals surface area contributed by atoms with Gasteiger partial charge < -0.3 is 9.64 Å². The first kappa shape index (κ1) is 18.5. The lowest BCUT2D eigenvalue weighted by atomic mass is 10.1. The minimum absolute atomic E-state index is 0.165. The highest BCUT2D eigenvalue weighted by atomic mass is 16.5. The molecule has 0 aromatic heterocycles. The molecule has 0 radical (unpaired) electrons. The van der Waals surface area contributed by atoms with Gasteiger partial charge in [0.2, 0.25) is 0 Å². The third-order valence-electron chi connectivity index (χ3n) is 5.53. The monoisotopic (exact) mass is 379 g/mol. The van der Waals surface area contributed by atoms with Gasteiger partial charge in [0.25, 0.3) is 11.8 Å². The molecular formula is C22H25N3O3. The summed E-state index contributed by atoms with van der Waals surface area (Å²) in [6.07, 6.45) is 0.792. The minimum atomic E-state index is -0.165. The number of rotatable bonds is 6. The van der Waals surface area contributed by atoms with Gasteiger partial charge in [0.05, 0.1) is 23.9 Å². The summed E-state index contributed by atoms with van der Waals surface area (Å²) in [5.41, 5.74) is 2.19. The molecular weight excluding hydrogens is 354 g/mol. The Labute approximate surface area is 165 Å². The van der Waals surface area contributed by atoms with E-state index in [-0.39, 0.29) is 11.8 Å². The van der Waals surface area contributed by atoms with Crippen LogP contribution in [0.3, 0.4) is 0 Å². The van der Waals surface area contributed by atoms with Gasteiger partial charge in [-0.1, -0.05) is 24.3 Å². The van der Waals surface area contributed by atoms with E-state index in [2.05, 4.69) is 15.9 Å². The molecule has 0 N–H and O–H groups in total.